The van der Waals surface area contributed by atoms with Crippen LogP contribution in [-0.4, -0.2) is 44.5 Å². The number of aromatic nitrogens is 5. The van der Waals surface area contributed by atoms with E-state index < -0.39 is 12.0 Å². The van der Waals surface area contributed by atoms with Gasteiger partial charge in [-0.25, -0.2) is 4.98 Å². The van der Waals surface area contributed by atoms with E-state index >= 15 is 0 Å². The molecule has 11 heteroatoms. The van der Waals surface area contributed by atoms with Crippen molar-refractivity contribution in [3.8, 4) is 5.88 Å². The quantitative estimate of drug-likeness (QED) is 0.653. The van der Waals surface area contributed by atoms with Gasteiger partial charge in [0.05, 0.1) is 6.61 Å². The lowest BCUT2D eigenvalue weighted by Crippen LogP contribution is -2.36. The molecule has 3 aromatic rings. The van der Waals surface area contributed by atoms with Gasteiger partial charge in [0.25, 0.3) is 5.82 Å². The maximum Gasteiger partial charge on any atom is 0.453 e. The molecule has 0 saturated carbocycles. The minimum absolute atomic E-state index is 0.0617. The van der Waals surface area contributed by atoms with Gasteiger partial charge in [0.15, 0.2) is 5.65 Å². The third-order valence-electron chi connectivity index (χ3n) is 4.62. The third kappa shape index (κ3) is 3.82. The first-order valence-corrected chi connectivity index (χ1v) is 9.07. The number of rotatable bonds is 4. The molecule has 148 valence electrons. The molecule has 0 unspecified atom stereocenters. The smallest absolute Gasteiger partial charge is 0.453 e. The van der Waals surface area contributed by atoms with Crippen LogP contribution in [0.15, 0.2) is 30.5 Å². The number of fused-ring (bicyclic) bond motifs is 1. The van der Waals surface area contributed by atoms with Gasteiger partial charge in [0.2, 0.25) is 5.88 Å². The summed E-state index contributed by atoms with van der Waals surface area (Å²) < 4.78 is 45.5. The zero-order valence-corrected chi connectivity index (χ0v) is 15.4. The lowest BCUT2D eigenvalue weighted by atomic mass is 9.98. The predicted molar refractivity (Wildman–Crippen MR) is 95.5 cm³/mol. The van der Waals surface area contributed by atoms with Crippen LogP contribution in [0.1, 0.15) is 18.7 Å². The number of piperidine rings is 1. The van der Waals surface area contributed by atoms with Crippen LogP contribution >= 0.6 is 11.6 Å². The molecule has 0 radical (unpaired) electrons. The summed E-state index contributed by atoms with van der Waals surface area (Å²) in [6.07, 6.45) is -1.36. The first kappa shape index (κ1) is 18.7. The van der Waals surface area contributed by atoms with Gasteiger partial charge in [0, 0.05) is 19.3 Å². The average Bonchev–Trinajstić information content (AvgIpc) is 3.11. The number of alkyl halides is 3. The number of hydrogen-bond acceptors (Lipinski definition) is 6. The Labute approximate surface area is 163 Å². The Morgan fingerprint density at radius 3 is 2.64 bits per heavy atom. The maximum absolute atomic E-state index is 13.0. The Balaban J connectivity index is 1.40. The Kier molecular flexibility index (Phi) is 4.96. The van der Waals surface area contributed by atoms with E-state index in [4.69, 9.17) is 16.3 Å². The van der Waals surface area contributed by atoms with Crippen LogP contribution in [-0.2, 0) is 6.18 Å². The topological polar surface area (TPSA) is 68.4 Å². The molecule has 0 aliphatic carbocycles. The summed E-state index contributed by atoms with van der Waals surface area (Å²) in [7, 11) is 0. The van der Waals surface area contributed by atoms with E-state index in [-0.39, 0.29) is 5.65 Å². The fraction of sp³-hybridized carbons (Fsp3) is 0.412. The lowest BCUT2D eigenvalue weighted by molar-refractivity contribution is -0.146. The van der Waals surface area contributed by atoms with Crippen molar-refractivity contribution in [2.45, 2.75) is 19.0 Å². The average molecular weight is 413 g/mol. The molecule has 4 rings (SSSR count). The summed E-state index contributed by atoms with van der Waals surface area (Å²) in [5.41, 5.74) is 0.0617. The SMILES string of the molecule is FC(F)(F)c1nnc2ccc(N3CCC(COc4ncccc4Cl)CC3)nn12. The van der Waals surface area contributed by atoms with Crippen LogP contribution < -0.4 is 9.64 Å². The van der Waals surface area contributed by atoms with Crippen molar-refractivity contribution in [2.24, 2.45) is 5.92 Å². The molecule has 0 N–H and O–H groups in total. The Bertz CT molecular complexity index is 971. The second-order valence-electron chi connectivity index (χ2n) is 6.51. The molecule has 1 saturated heterocycles. The molecule has 0 spiro atoms. The number of ether oxygens (including phenoxy) is 1. The van der Waals surface area contributed by atoms with Crippen molar-refractivity contribution < 1.29 is 17.9 Å². The van der Waals surface area contributed by atoms with Gasteiger partial charge in [0.1, 0.15) is 10.8 Å². The highest BCUT2D eigenvalue weighted by Gasteiger charge is 2.37. The Morgan fingerprint density at radius 2 is 1.93 bits per heavy atom. The van der Waals surface area contributed by atoms with Gasteiger partial charge in [-0.05, 0) is 43.0 Å². The van der Waals surface area contributed by atoms with Gasteiger partial charge < -0.3 is 9.64 Å². The first-order valence-electron chi connectivity index (χ1n) is 8.70. The van der Waals surface area contributed by atoms with Gasteiger partial charge in [-0.2, -0.15) is 17.7 Å². The van der Waals surface area contributed by atoms with Crippen molar-refractivity contribution in [3.05, 3.63) is 41.3 Å². The molecule has 3 aromatic heterocycles. The molecule has 4 heterocycles. The third-order valence-corrected chi connectivity index (χ3v) is 4.91. The Morgan fingerprint density at radius 1 is 1.14 bits per heavy atom. The summed E-state index contributed by atoms with van der Waals surface area (Å²) in [5.74, 6) is 0.0505. The molecular formula is C17H16ClF3N6O. The van der Waals surface area contributed by atoms with E-state index in [1.54, 1.807) is 24.4 Å². The summed E-state index contributed by atoms with van der Waals surface area (Å²) in [4.78, 5) is 6.04. The molecular weight excluding hydrogens is 397 g/mol. The zero-order valence-electron chi connectivity index (χ0n) is 14.6. The number of pyridine rings is 1. The second-order valence-corrected chi connectivity index (χ2v) is 6.92. The van der Waals surface area contributed by atoms with Gasteiger partial charge in [-0.3, -0.25) is 0 Å². The van der Waals surface area contributed by atoms with Crippen molar-refractivity contribution >= 4 is 23.1 Å². The van der Waals surface area contributed by atoms with Crippen LogP contribution in [0.4, 0.5) is 19.0 Å². The van der Waals surface area contributed by atoms with Gasteiger partial charge in [-0.1, -0.05) is 11.6 Å². The number of nitrogens with zero attached hydrogens (tertiary/aromatic N) is 6. The standard InChI is InChI=1S/C17H16ClF3N6O/c18-12-2-1-7-22-15(12)28-10-11-5-8-26(9-6-11)14-4-3-13-23-24-16(17(19,20)21)27(13)25-14/h1-4,7,11H,5-6,8-10H2. The van der Waals surface area contributed by atoms with E-state index in [1.165, 1.54) is 6.07 Å². The largest absolute Gasteiger partial charge is 0.476 e. The molecule has 0 bridgehead atoms. The monoisotopic (exact) mass is 412 g/mol. The predicted octanol–water partition coefficient (Wildman–Crippen LogP) is 3.49. The summed E-state index contributed by atoms with van der Waals surface area (Å²) in [6, 6.07) is 6.60. The van der Waals surface area contributed by atoms with Crippen molar-refractivity contribution in [1.29, 1.82) is 0 Å². The molecule has 7 nitrogen and oxygen atoms in total. The molecule has 0 amide bonds. The minimum Gasteiger partial charge on any atom is -0.476 e. The van der Waals surface area contributed by atoms with E-state index in [0.717, 1.165) is 17.4 Å². The van der Waals surface area contributed by atoms with Crippen molar-refractivity contribution in [3.63, 3.8) is 0 Å². The highest BCUT2D eigenvalue weighted by atomic mass is 35.5. The number of halogens is 4. The first-order chi connectivity index (χ1) is 13.4. The fourth-order valence-electron chi connectivity index (χ4n) is 3.13. The summed E-state index contributed by atoms with van der Waals surface area (Å²) in [5, 5.41) is 11.3. The normalized spacial score (nSPS) is 15.9. The fourth-order valence-corrected chi connectivity index (χ4v) is 3.30. The van der Waals surface area contributed by atoms with Crippen molar-refractivity contribution in [2.75, 3.05) is 24.6 Å². The molecule has 0 atom stereocenters. The highest BCUT2D eigenvalue weighted by molar-refractivity contribution is 6.31. The molecule has 1 aliphatic heterocycles. The minimum atomic E-state index is -4.61. The number of hydrogen-bond donors (Lipinski definition) is 0. The summed E-state index contributed by atoms with van der Waals surface area (Å²) in [6.45, 7) is 1.80. The van der Waals surface area contributed by atoms with Crippen LogP contribution in [0.5, 0.6) is 5.88 Å². The Hall–Kier alpha value is -2.62. The van der Waals surface area contributed by atoms with Crippen LogP contribution in [0.2, 0.25) is 5.02 Å². The summed E-state index contributed by atoms with van der Waals surface area (Å²) >= 11 is 6.03. The van der Waals surface area contributed by atoms with E-state index in [1.807, 2.05) is 4.90 Å². The maximum atomic E-state index is 13.0. The van der Waals surface area contributed by atoms with Gasteiger partial charge in [-0.15, -0.1) is 15.3 Å². The zero-order chi connectivity index (χ0) is 19.7. The molecule has 0 aromatic carbocycles. The second kappa shape index (κ2) is 7.42. The molecule has 1 aliphatic rings. The number of anilines is 1. The van der Waals surface area contributed by atoms with E-state index in [2.05, 4.69) is 20.3 Å². The van der Waals surface area contributed by atoms with Crippen LogP contribution in [0.3, 0.4) is 0 Å². The van der Waals surface area contributed by atoms with Crippen molar-refractivity contribution in [1.82, 2.24) is 24.8 Å². The van der Waals surface area contributed by atoms with Crippen LogP contribution in [0, 0.1) is 5.92 Å². The molecule has 1 fully saturated rings. The van der Waals surface area contributed by atoms with E-state index in [9.17, 15) is 13.2 Å². The molecule has 28 heavy (non-hydrogen) atoms. The van der Waals surface area contributed by atoms with Crippen LogP contribution in [0.25, 0.3) is 5.65 Å². The van der Waals surface area contributed by atoms with E-state index in [0.29, 0.717) is 42.3 Å². The van der Waals surface area contributed by atoms with Gasteiger partial charge >= 0.3 is 6.18 Å². The lowest BCUT2D eigenvalue weighted by Gasteiger charge is -2.32. The highest BCUT2D eigenvalue weighted by Crippen LogP contribution is 2.29.